The van der Waals surface area contributed by atoms with Crippen LogP contribution >= 0.6 is 11.8 Å². The van der Waals surface area contributed by atoms with Crippen molar-refractivity contribution in [3.8, 4) is 11.3 Å². The van der Waals surface area contributed by atoms with Gasteiger partial charge >= 0.3 is 0 Å². The van der Waals surface area contributed by atoms with Crippen molar-refractivity contribution in [3.05, 3.63) is 34.9 Å². The van der Waals surface area contributed by atoms with E-state index in [1.807, 2.05) is 19.9 Å². The largest absolute Gasteiger partial charge is 0.394 e. The van der Waals surface area contributed by atoms with E-state index in [4.69, 9.17) is 10.8 Å². The number of rotatable bonds is 4. The lowest BCUT2D eigenvalue weighted by Gasteiger charge is -2.20. The van der Waals surface area contributed by atoms with Gasteiger partial charge in [0.2, 0.25) is 17.8 Å². The zero-order chi connectivity index (χ0) is 25.5. The molecular weight excluding hydrogens is 472 g/mol. The van der Waals surface area contributed by atoms with Crippen molar-refractivity contribution in [2.75, 3.05) is 31.2 Å². The van der Waals surface area contributed by atoms with Crippen LogP contribution in [0.25, 0.3) is 11.3 Å². The van der Waals surface area contributed by atoms with Gasteiger partial charge in [-0.25, -0.2) is 9.97 Å². The number of nitrogens with zero attached hydrogens (tertiary/aromatic N) is 2. The highest BCUT2D eigenvalue weighted by molar-refractivity contribution is 7.99. The molecule has 2 aromatic rings. The van der Waals surface area contributed by atoms with Gasteiger partial charge in [-0.1, -0.05) is 6.07 Å². The van der Waals surface area contributed by atoms with E-state index in [0.29, 0.717) is 22.0 Å². The third-order valence-corrected chi connectivity index (χ3v) is 6.40. The normalized spacial score (nSPS) is 17.8. The maximum Gasteiger partial charge on any atom is 0.251 e. The molecule has 7 N–H and O–H groups in total. The SMILES string of the molecule is Cc1cc(C)c2cc1C(=O)NCCC(C(=O)NCC(O)CO)NC(=O)CCSc1cc-2nc(N)n1. The average Bonchev–Trinajstić information content (AvgIpc) is 2.80. The minimum Gasteiger partial charge on any atom is -0.394 e. The molecule has 12 heteroatoms. The number of thioether (sulfide) groups is 1. The van der Waals surface area contributed by atoms with Gasteiger partial charge in [-0.15, -0.1) is 11.8 Å². The first-order valence-electron chi connectivity index (χ1n) is 11.2. The van der Waals surface area contributed by atoms with Gasteiger partial charge in [0.15, 0.2) is 0 Å². The fourth-order valence-electron chi connectivity index (χ4n) is 3.64. The Kier molecular flexibility index (Phi) is 9.01. The molecule has 2 heterocycles. The number of carbonyl (C=O) groups excluding carboxylic acids is 3. The fraction of sp³-hybridized carbons (Fsp3) is 0.435. The second kappa shape index (κ2) is 12.0. The second-order valence-corrected chi connectivity index (χ2v) is 9.39. The highest BCUT2D eigenvalue weighted by Crippen LogP contribution is 2.29. The molecule has 0 spiro atoms. The van der Waals surface area contributed by atoms with Crippen LogP contribution in [0.5, 0.6) is 0 Å². The van der Waals surface area contributed by atoms with E-state index < -0.39 is 24.7 Å². The van der Waals surface area contributed by atoms with E-state index in [-0.39, 0.29) is 43.7 Å². The molecule has 11 nitrogen and oxygen atoms in total. The Morgan fingerprint density at radius 3 is 2.71 bits per heavy atom. The summed E-state index contributed by atoms with van der Waals surface area (Å²) in [5.74, 6) is -0.709. The maximum absolute atomic E-state index is 13.0. The molecule has 0 fully saturated rings. The van der Waals surface area contributed by atoms with Crippen LogP contribution < -0.4 is 21.7 Å². The second-order valence-electron chi connectivity index (χ2n) is 8.28. The van der Waals surface area contributed by atoms with Crippen LogP contribution in [-0.4, -0.2) is 75.5 Å². The van der Waals surface area contributed by atoms with Gasteiger partial charge in [-0.05, 0) is 43.5 Å². The van der Waals surface area contributed by atoms with Crippen LogP contribution in [0.2, 0.25) is 0 Å². The van der Waals surface area contributed by atoms with Crippen LogP contribution in [0.1, 0.15) is 34.3 Å². The summed E-state index contributed by atoms with van der Waals surface area (Å²) in [6.45, 7) is 3.23. The maximum atomic E-state index is 13.0. The average molecular weight is 503 g/mol. The van der Waals surface area contributed by atoms with Crippen molar-refractivity contribution in [2.45, 2.75) is 43.9 Å². The summed E-state index contributed by atoms with van der Waals surface area (Å²) in [5.41, 5.74) is 9.43. The van der Waals surface area contributed by atoms with Gasteiger partial charge in [0.25, 0.3) is 5.91 Å². The molecule has 2 unspecified atom stereocenters. The summed E-state index contributed by atoms with van der Waals surface area (Å²) >= 11 is 1.33. The van der Waals surface area contributed by atoms with Crippen molar-refractivity contribution in [2.24, 2.45) is 0 Å². The summed E-state index contributed by atoms with van der Waals surface area (Å²) in [7, 11) is 0. The lowest BCUT2D eigenvalue weighted by Crippen LogP contribution is -2.50. The Morgan fingerprint density at radius 2 is 1.97 bits per heavy atom. The van der Waals surface area contributed by atoms with E-state index in [9.17, 15) is 19.5 Å². The van der Waals surface area contributed by atoms with Crippen molar-refractivity contribution in [3.63, 3.8) is 0 Å². The molecule has 4 bridgehead atoms. The predicted molar refractivity (Wildman–Crippen MR) is 132 cm³/mol. The molecule has 0 saturated heterocycles. The number of nitrogen functional groups attached to an aromatic ring is 1. The van der Waals surface area contributed by atoms with Gasteiger partial charge in [-0.2, -0.15) is 0 Å². The molecule has 1 aliphatic heterocycles. The van der Waals surface area contributed by atoms with Gasteiger partial charge in [0, 0.05) is 36.4 Å². The Bertz CT molecular complexity index is 1110. The number of aliphatic hydroxyl groups is 2. The smallest absolute Gasteiger partial charge is 0.251 e. The van der Waals surface area contributed by atoms with Crippen LogP contribution in [0.4, 0.5) is 5.95 Å². The van der Waals surface area contributed by atoms with Gasteiger partial charge in [0.05, 0.1) is 18.4 Å². The molecule has 1 aliphatic rings. The summed E-state index contributed by atoms with van der Waals surface area (Å²) in [6, 6.07) is 4.51. The minimum atomic E-state index is -1.11. The third-order valence-electron chi connectivity index (χ3n) is 5.48. The van der Waals surface area contributed by atoms with Crippen LogP contribution in [0.3, 0.4) is 0 Å². The number of amides is 3. The molecule has 0 saturated carbocycles. The minimum absolute atomic E-state index is 0.0864. The zero-order valence-electron chi connectivity index (χ0n) is 19.6. The predicted octanol–water partition coefficient (Wildman–Crippen LogP) is -0.0875. The van der Waals surface area contributed by atoms with Crippen molar-refractivity contribution >= 4 is 35.4 Å². The number of carbonyl (C=O) groups is 3. The number of aryl methyl sites for hydroxylation is 2. The number of nitrogens with two attached hydrogens (primary N) is 1. The topological polar surface area (TPSA) is 180 Å². The first-order valence-corrected chi connectivity index (χ1v) is 12.2. The number of hydrogen-bond acceptors (Lipinski definition) is 9. The standard InChI is InChI=1S/C23H30N6O5S/c1-12-7-13(2)16-8-15(12)18-9-20(29-23(24)28-18)35-6-4-19(32)27-17(3-5-25-21(16)33)22(34)26-10-14(31)11-30/h7-9,14,17,30-31H,3-6,10-11H2,1-2H3,(H,25,33)(H,26,34)(H,27,32)(H2,24,28,29). The third kappa shape index (κ3) is 7.13. The zero-order valence-corrected chi connectivity index (χ0v) is 20.4. The molecule has 3 amide bonds. The first kappa shape index (κ1) is 26.4. The van der Waals surface area contributed by atoms with E-state index in [0.717, 1.165) is 16.7 Å². The highest BCUT2D eigenvalue weighted by Gasteiger charge is 2.22. The summed E-state index contributed by atoms with van der Waals surface area (Å²) in [6.07, 6.45) is -0.851. The number of hydrogen-bond donors (Lipinski definition) is 6. The quantitative estimate of drug-likeness (QED) is 0.312. The van der Waals surface area contributed by atoms with Crippen LogP contribution in [0, 0.1) is 13.8 Å². The van der Waals surface area contributed by atoms with Gasteiger partial charge in [-0.3, -0.25) is 14.4 Å². The fourth-order valence-corrected chi connectivity index (χ4v) is 4.49. The molecule has 0 radical (unpaired) electrons. The van der Waals surface area contributed by atoms with E-state index in [1.54, 1.807) is 12.1 Å². The molecular formula is C23H30N6O5S. The lowest BCUT2D eigenvalue weighted by molar-refractivity contribution is -0.129. The molecule has 1 aromatic heterocycles. The molecule has 188 valence electrons. The number of aromatic nitrogens is 2. The lowest BCUT2D eigenvalue weighted by atomic mass is 9.97. The highest BCUT2D eigenvalue weighted by atomic mass is 32.2. The Balaban J connectivity index is 1.89. The number of benzene rings is 1. The summed E-state index contributed by atoms with van der Waals surface area (Å²) in [5, 5.41) is 27.0. The van der Waals surface area contributed by atoms with Crippen LogP contribution in [0.15, 0.2) is 23.2 Å². The molecule has 1 aromatic carbocycles. The Labute approximate surface area is 207 Å². The first-order chi connectivity index (χ1) is 16.7. The van der Waals surface area contributed by atoms with E-state index in [2.05, 4.69) is 25.9 Å². The Morgan fingerprint density at radius 1 is 1.23 bits per heavy atom. The molecule has 0 aliphatic carbocycles. The van der Waals surface area contributed by atoms with E-state index in [1.165, 1.54) is 11.8 Å². The van der Waals surface area contributed by atoms with E-state index >= 15 is 0 Å². The Hall–Kier alpha value is -3.22. The van der Waals surface area contributed by atoms with Crippen molar-refractivity contribution in [1.82, 2.24) is 25.9 Å². The van der Waals surface area contributed by atoms with Crippen molar-refractivity contribution < 1.29 is 24.6 Å². The number of nitrogens with one attached hydrogen (secondary N) is 3. The monoisotopic (exact) mass is 502 g/mol. The number of fused-ring (bicyclic) bond motifs is 5. The van der Waals surface area contributed by atoms with Crippen LogP contribution in [-0.2, 0) is 9.59 Å². The van der Waals surface area contributed by atoms with Crippen molar-refractivity contribution in [1.29, 1.82) is 0 Å². The number of aliphatic hydroxyl groups excluding tert-OH is 2. The molecule has 3 rings (SSSR count). The van der Waals surface area contributed by atoms with Gasteiger partial charge in [0.1, 0.15) is 11.1 Å². The number of anilines is 1. The summed E-state index contributed by atoms with van der Waals surface area (Å²) in [4.78, 5) is 46.7. The summed E-state index contributed by atoms with van der Waals surface area (Å²) < 4.78 is 0. The molecule has 2 atom stereocenters. The van der Waals surface area contributed by atoms with Gasteiger partial charge < -0.3 is 31.9 Å². The molecule has 35 heavy (non-hydrogen) atoms.